The molecule has 1 amide bonds. The average Bonchev–Trinajstić information content (AvgIpc) is 2.78. The standard InChI is InChI=1S/C26H43NO4/c1-24-13-12-21(28)22(29)26(24,31)15-10-18-19(24)11-14-25(2)20(18)9-6-16-27(25)23(30)17-7-4-3-5-8-17/h17-22,28-29,31H,3-16H2,1-2H3/t18?,19-,20-,21-,22+,24+,25-,26-/m0/s1. The summed E-state index contributed by atoms with van der Waals surface area (Å²) in [7, 11) is 0. The molecule has 1 heterocycles. The predicted octanol–water partition coefficient (Wildman–Crippen LogP) is 3.64. The molecule has 1 unspecified atom stereocenters. The Morgan fingerprint density at radius 2 is 1.58 bits per heavy atom. The van der Waals surface area contributed by atoms with Crippen molar-refractivity contribution >= 4 is 5.91 Å². The van der Waals surface area contributed by atoms with Crippen LogP contribution in [0.3, 0.4) is 0 Å². The van der Waals surface area contributed by atoms with Crippen LogP contribution < -0.4 is 0 Å². The molecule has 0 aromatic rings. The molecule has 3 N–H and O–H groups in total. The van der Waals surface area contributed by atoms with Gasteiger partial charge in [0.15, 0.2) is 0 Å². The lowest BCUT2D eigenvalue weighted by Gasteiger charge is -2.67. The second kappa shape index (κ2) is 7.70. The van der Waals surface area contributed by atoms with Gasteiger partial charge in [-0.2, -0.15) is 0 Å². The van der Waals surface area contributed by atoms with Crippen molar-refractivity contribution in [1.82, 2.24) is 4.90 Å². The molecule has 1 aliphatic heterocycles. The molecule has 5 fully saturated rings. The van der Waals surface area contributed by atoms with Crippen LogP contribution in [-0.2, 0) is 4.79 Å². The summed E-state index contributed by atoms with van der Waals surface area (Å²) >= 11 is 0. The van der Waals surface area contributed by atoms with Gasteiger partial charge in [0.05, 0.1) is 11.7 Å². The third-order valence-corrected chi connectivity index (χ3v) is 11.0. The Labute approximate surface area is 187 Å². The number of hydrogen-bond donors (Lipinski definition) is 3. The first-order valence-corrected chi connectivity index (χ1v) is 13.1. The molecule has 0 aromatic carbocycles. The summed E-state index contributed by atoms with van der Waals surface area (Å²) in [5.74, 6) is 1.98. The topological polar surface area (TPSA) is 81.0 Å². The number of nitrogens with zero attached hydrogens (tertiary/aromatic N) is 1. The zero-order chi connectivity index (χ0) is 22.0. The first-order chi connectivity index (χ1) is 14.7. The molecule has 4 saturated carbocycles. The quantitative estimate of drug-likeness (QED) is 0.590. The average molecular weight is 434 g/mol. The van der Waals surface area contributed by atoms with Gasteiger partial charge in [-0.3, -0.25) is 4.79 Å². The maximum Gasteiger partial charge on any atom is 0.226 e. The van der Waals surface area contributed by atoms with Crippen molar-refractivity contribution in [2.24, 2.45) is 29.1 Å². The molecule has 0 bridgehead atoms. The lowest BCUT2D eigenvalue weighted by Crippen LogP contribution is -2.71. The van der Waals surface area contributed by atoms with E-state index in [1.807, 2.05) is 0 Å². The highest BCUT2D eigenvalue weighted by Gasteiger charge is 2.66. The number of likely N-dealkylation sites (tertiary alicyclic amines) is 1. The summed E-state index contributed by atoms with van der Waals surface area (Å²) in [5.41, 5.74) is -1.61. The van der Waals surface area contributed by atoms with E-state index in [1.165, 1.54) is 25.7 Å². The fourth-order valence-corrected chi connectivity index (χ4v) is 9.10. The van der Waals surface area contributed by atoms with Crippen LogP contribution in [-0.4, -0.2) is 56.0 Å². The first-order valence-electron chi connectivity index (χ1n) is 13.1. The van der Waals surface area contributed by atoms with Crippen molar-refractivity contribution in [3.05, 3.63) is 0 Å². The van der Waals surface area contributed by atoms with Gasteiger partial charge < -0.3 is 20.2 Å². The summed E-state index contributed by atoms with van der Waals surface area (Å²) in [4.78, 5) is 15.9. The van der Waals surface area contributed by atoms with Crippen LogP contribution in [0.2, 0.25) is 0 Å². The molecular formula is C26H43NO4. The van der Waals surface area contributed by atoms with Crippen molar-refractivity contribution in [2.75, 3.05) is 6.54 Å². The van der Waals surface area contributed by atoms with E-state index in [1.54, 1.807) is 0 Å². The molecule has 8 atom stereocenters. The molecule has 1 saturated heterocycles. The largest absolute Gasteiger partial charge is 0.390 e. The van der Waals surface area contributed by atoms with E-state index in [-0.39, 0.29) is 16.9 Å². The van der Waals surface area contributed by atoms with Gasteiger partial charge in [0, 0.05) is 23.4 Å². The monoisotopic (exact) mass is 433 g/mol. The van der Waals surface area contributed by atoms with E-state index in [0.717, 1.165) is 51.5 Å². The molecule has 5 nitrogen and oxygen atoms in total. The van der Waals surface area contributed by atoms with Crippen LogP contribution in [0.1, 0.15) is 97.3 Å². The van der Waals surface area contributed by atoms with E-state index < -0.39 is 17.8 Å². The maximum absolute atomic E-state index is 13.6. The Bertz CT molecular complexity index is 708. The maximum atomic E-state index is 13.6. The number of amides is 1. The number of carbonyl (C=O) groups excluding carboxylic acids is 1. The Balaban J connectivity index is 1.42. The van der Waals surface area contributed by atoms with Gasteiger partial charge in [-0.25, -0.2) is 0 Å². The number of aliphatic hydroxyl groups excluding tert-OH is 2. The van der Waals surface area contributed by atoms with Gasteiger partial charge in [0.1, 0.15) is 6.10 Å². The first kappa shape index (κ1) is 22.2. The fraction of sp³-hybridized carbons (Fsp3) is 0.962. The minimum atomic E-state index is -1.19. The van der Waals surface area contributed by atoms with Crippen molar-refractivity contribution < 1.29 is 20.1 Å². The molecular weight excluding hydrogens is 390 g/mol. The minimum absolute atomic E-state index is 0.0629. The van der Waals surface area contributed by atoms with Gasteiger partial charge in [0.25, 0.3) is 0 Å². The second-order valence-electron chi connectivity index (χ2n) is 12.2. The Hall–Kier alpha value is -0.650. The van der Waals surface area contributed by atoms with Crippen molar-refractivity contribution in [3.63, 3.8) is 0 Å². The summed E-state index contributed by atoms with van der Waals surface area (Å²) in [5, 5.41) is 32.7. The second-order valence-corrected chi connectivity index (χ2v) is 12.2. The van der Waals surface area contributed by atoms with Crippen molar-refractivity contribution in [3.8, 4) is 0 Å². The van der Waals surface area contributed by atoms with E-state index in [2.05, 4.69) is 18.7 Å². The SMILES string of the molecule is C[C@]12CC[C@H]3C(CC[C@]4(O)[C@H](O)[C@@H](O)CC[C@]34C)[C@@H]1CCCN2C(=O)C1CCCCC1. The molecule has 5 rings (SSSR count). The van der Waals surface area contributed by atoms with Gasteiger partial charge in [0.2, 0.25) is 5.91 Å². The van der Waals surface area contributed by atoms with Gasteiger partial charge in [-0.05, 0) is 88.9 Å². The van der Waals surface area contributed by atoms with Crippen LogP contribution in [0.4, 0.5) is 0 Å². The van der Waals surface area contributed by atoms with E-state index >= 15 is 0 Å². The predicted molar refractivity (Wildman–Crippen MR) is 119 cm³/mol. The highest BCUT2D eigenvalue weighted by molar-refractivity contribution is 5.80. The zero-order valence-corrected chi connectivity index (χ0v) is 19.6. The summed E-state index contributed by atoms with van der Waals surface area (Å²) in [6.07, 6.45) is 11.0. The lowest BCUT2D eigenvalue weighted by atomic mass is 9.43. The van der Waals surface area contributed by atoms with Crippen LogP contribution in [0.15, 0.2) is 0 Å². The molecule has 176 valence electrons. The molecule has 0 radical (unpaired) electrons. The number of hydrogen-bond acceptors (Lipinski definition) is 4. The molecule has 0 spiro atoms. The summed E-state index contributed by atoms with van der Waals surface area (Å²) in [6, 6.07) is 0. The normalized spacial score (nSPS) is 50.9. The number of carbonyl (C=O) groups is 1. The number of piperidine rings is 1. The van der Waals surface area contributed by atoms with Crippen molar-refractivity contribution in [1.29, 1.82) is 0 Å². The third-order valence-electron chi connectivity index (χ3n) is 11.0. The summed E-state index contributed by atoms with van der Waals surface area (Å²) in [6.45, 7) is 5.44. The van der Waals surface area contributed by atoms with Crippen LogP contribution in [0, 0.1) is 29.1 Å². The number of rotatable bonds is 1. The minimum Gasteiger partial charge on any atom is -0.390 e. The van der Waals surface area contributed by atoms with Crippen molar-refractivity contribution in [2.45, 2.75) is 121 Å². The fourth-order valence-electron chi connectivity index (χ4n) is 9.10. The smallest absolute Gasteiger partial charge is 0.226 e. The highest BCUT2D eigenvalue weighted by atomic mass is 16.4. The highest BCUT2D eigenvalue weighted by Crippen LogP contribution is 2.64. The Morgan fingerprint density at radius 1 is 0.839 bits per heavy atom. The molecule has 31 heavy (non-hydrogen) atoms. The molecule has 5 heteroatoms. The van der Waals surface area contributed by atoms with Gasteiger partial charge in [-0.15, -0.1) is 0 Å². The van der Waals surface area contributed by atoms with Gasteiger partial charge >= 0.3 is 0 Å². The van der Waals surface area contributed by atoms with Crippen LogP contribution in [0.25, 0.3) is 0 Å². The van der Waals surface area contributed by atoms with Gasteiger partial charge in [-0.1, -0.05) is 26.2 Å². The number of fused-ring (bicyclic) bond motifs is 5. The molecule has 5 aliphatic rings. The Kier molecular flexibility index (Phi) is 5.50. The Morgan fingerprint density at radius 3 is 2.32 bits per heavy atom. The van der Waals surface area contributed by atoms with Crippen LogP contribution >= 0.6 is 0 Å². The van der Waals surface area contributed by atoms with E-state index in [9.17, 15) is 20.1 Å². The molecule has 4 aliphatic carbocycles. The van der Waals surface area contributed by atoms with Crippen LogP contribution in [0.5, 0.6) is 0 Å². The molecule has 0 aromatic heterocycles. The third kappa shape index (κ3) is 3.09. The lowest BCUT2D eigenvalue weighted by molar-refractivity contribution is -0.270. The van der Waals surface area contributed by atoms with E-state index in [0.29, 0.717) is 36.5 Å². The number of aliphatic hydroxyl groups is 3. The summed E-state index contributed by atoms with van der Waals surface area (Å²) < 4.78 is 0. The van der Waals surface area contributed by atoms with E-state index in [4.69, 9.17) is 0 Å². The zero-order valence-electron chi connectivity index (χ0n) is 19.6.